The number of rotatable bonds is 6. The van der Waals surface area contributed by atoms with Crippen molar-refractivity contribution in [3.05, 3.63) is 18.2 Å². The van der Waals surface area contributed by atoms with E-state index in [2.05, 4.69) is 5.32 Å². The molecule has 0 aliphatic carbocycles. The third-order valence-electron chi connectivity index (χ3n) is 4.49. The van der Waals surface area contributed by atoms with Crippen LogP contribution in [0.25, 0.3) is 0 Å². The van der Waals surface area contributed by atoms with Gasteiger partial charge in [-0.3, -0.25) is 14.4 Å². The fraction of sp³-hybridized carbons (Fsp3) is 0.500. The summed E-state index contributed by atoms with van der Waals surface area (Å²) in [6.07, 6.45) is 0.775. The lowest BCUT2D eigenvalue weighted by atomic mass is 9.89. The molecule has 1 aromatic rings. The molecule has 1 aliphatic rings. The molecule has 0 spiro atoms. The van der Waals surface area contributed by atoms with E-state index >= 15 is 0 Å². The van der Waals surface area contributed by atoms with Crippen LogP contribution in [-0.2, 0) is 14.4 Å². The second-order valence-corrected chi connectivity index (χ2v) is 6.58. The maximum Gasteiger partial charge on any atom is 0.239 e. The monoisotopic (exact) mass is 363 g/mol. The number of carbonyl (C=O) groups is 3. The van der Waals surface area contributed by atoms with Gasteiger partial charge in [0.2, 0.25) is 18.2 Å². The average Bonchev–Trinajstić information content (AvgIpc) is 2.67. The quantitative estimate of drug-likeness (QED) is 0.601. The largest absolute Gasteiger partial charge is 0.493 e. The topological polar surface area (TPSA) is 88.2 Å². The molecule has 0 atom stereocenters. The number of ether oxygens (including phenoxy) is 2. The predicted molar refractivity (Wildman–Crippen MR) is 96.2 cm³/mol. The van der Waals surface area contributed by atoms with Crippen molar-refractivity contribution in [1.82, 2.24) is 9.80 Å². The van der Waals surface area contributed by atoms with Gasteiger partial charge in [-0.15, -0.1) is 0 Å². The Kier molecular flexibility index (Phi) is 6.07. The standard InChI is InChI=1S/C18H25N3O5/c1-18(2,17(24)21-9-7-20(12-22)8-10-21)16(23)19-13-5-6-14(25-3)15(11-13)26-4/h5-6,11-12H,7-10H2,1-4H3,(H,19,23). The van der Waals surface area contributed by atoms with Crippen molar-refractivity contribution >= 4 is 23.9 Å². The molecule has 1 N–H and O–H groups in total. The number of anilines is 1. The van der Waals surface area contributed by atoms with Crippen LogP contribution in [0.4, 0.5) is 5.69 Å². The molecule has 1 aliphatic heterocycles. The molecule has 0 saturated carbocycles. The SMILES string of the molecule is COc1ccc(NC(=O)C(C)(C)C(=O)N2CCN(C=O)CC2)cc1OC. The fourth-order valence-corrected chi connectivity index (χ4v) is 2.72. The van der Waals surface area contributed by atoms with E-state index in [0.29, 0.717) is 43.4 Å². The summed E-state index contributed by atoms with van der Waals surface area (Å²) in [6, 6.07) is 5.00. The van der Waals surface area contributed by atoms with Gasteiger partial charge in [-0.2, -0.15) is 0 Å². The first-order valence-corrected chi connectivity index (χ1v) is 8.35. The zero-order valence-electron chi connectivity index (χ0n) is 15.6. The third kappa shape index (κ3) is 4.07. The van der Waals surface area contributed by atoms with Crippen LogP contribution < -0.4 is 14.8 Å². The van der Waals surface area contributed by atoms with E-state index in [1.165, 1.54) is 14.2 Å². The van der Waals surface area contributed by atoms with Crippen LogP contribution in [0.1, 0.15) is 13.8 Å². The highest BCUT2D eigenvalue weighted by atomic mass is 16.5. The van der Waals surface area contributed by atoms with Gasteiger partial charge < -0.3 is 24.6 Å². The van der Waals surface area contributed by atoms with Crippen molar-refractivity contribution < 1.29 is 23.9 Å². The Balaban J connectivity index is 2.07. The van der Waals surface area contributed by atoms with Crippen LogP contribution in [0.15, 0.2) is 18.2 Å². The zero-order chi connectivity index (χ0) is 19.3. The number of benzene rings is 1. The molecular weight excluding hydrogens is 338 g/mol. The first-order valence-electron chi connectivity index (χ1n) is 8.35. The molecule has 3 amide bonds. The van der Waals surface area contributed by atoms with Crippen molar-refractivity contribution in [2.24, 2.45) is 5.41 Å². The molecule has 1 fully saturated rings. The Labute approximate surface area is 153 Å². The van der Waals surface area contributed by atoms with E-state index in [1.807, 2.05) is 0 Å². The molecule has 1 saturated heterocycles. The minimum atomic E-state index is -1.24. The maximum atomic E-state index is 12.8. The molecule has 0 unspecified atom stereocenters. The van der Waals surface area contributed by atoms with Crippen LogP contribution in [0.2, 0.25) is 0 Å². The van der Waals surface area contributed by atoms with E-state index in [1.54, 1.807) is 41.8 Å². The number of methoxy groups -OCH3 is 2. The molecule has 1 heterocycles. The van der Waals surface area contributed by atoms with Crippen molar-refractivity contribution in [3.8, 4) is 11.5 Å². The van der Waals surface area contributed by atoms with Crippen LogP contribution in [0.5, 0.6) is 11.5 Å². The number of hydrogen-bond donors (Lipinski definition) is 1. The van der Waals surface area contributed by atoms with Gasteiger partial charge in [0, 0.05) is 37.9 Å². The summed E-state index contributed by atoms with van der Waals surface area (Å²) >= 11 is 0. The normalized spacial score (nSPS) is 14.6. The number of nitrogens with one attached hydrogen (secondary N) is 1. The van der Waals surface area contributed by atoms with E-state index < -0.39 is 11.3 Å². The van der Waals surface area contributed by atoms with Crippen molar-refractivity contribution in [1.29, 1.82) is 0 Å². The molecule has 0 radical (unpaired) electrons. The van der Waals surface area contributed by atoms with E-state index in [0.717, 1.165) is 6.41 Å². The molecular formula is C18H25N3O5. The smallest absolute Gasteiger partial charge is 0.239 e. The van der Waals surface area contributed by atoms with Crippen molar-refractivity contribution in [3.63, 3.8) is 0 Å². The summed E-state index contributed by atoms with van der Waals surface area (Å²) in [5, 5.41) is 2.76. The van der Waals surface area contributed by atoms with Crippen LogP contribution in [-0.4, -0.2) is 68.4 Å². The summed E-state index contributed by atoms with van der Waals surface area (Å²) in [5.74, 6) is 0.363. The van der Waals surface area contributed by atoms with Crippen molar-refractivity contribution in [2.75, 3.05) is 45.7 Å². The number of amides is 3. The molecule has 8 heteroatoms. The lowest BCUT2D eigenvalue weighted by molar-refractivity contribution is -0.148. The third-order valence-corrected chi connectivity index (χ3v) is 4.49. The summed E-state index contributed by atoms with van der Waals surface area (Å²) in [6.45, 7) is 4.98. The minimum absolute atomic E-state index is 0.263. The number of carbonyl (C=O) groups excluding carboxylic acids is 3. The van der Waals surface area contributed by atoms with Crippen LogP contribution in [0, 0.1) is 5.41 Å². The van der Waals surface area contributed by atoms with Gasteiger partial charge in [0.05, 0.1) is 14.2 Å². The molecule has 8 nitrogen and oxygen atoms in total. The molecule has 0 bridgehead atoms. The lowest BCUT2D eigenvalue weighted by Gasteiger charge is -2.36. The summed E-state index contributed by atoms with van der Waals surface area (Å²) in [7, 11) is 3.04. The Morgan fingerprint density at radius 3 is 2.23 bits per heavy atom. The first-order chi connectivity index (χ1) is 12.3. The van der Waals surface area contributed by atoms with Gasteiger partial charge >= 0.3 is 0 Å². The number of nitrogens with zero attached hydrogens (tertiary/aromatic N) is 2. The van der Waals surface area contributed by atoms with Crippen LogP contribution >= 0.6 is 0 Å². The van der Waals surface area contributed by atoms with Gasteiger partial charge in [-0.05, 0) is 26.0 Å². The number of piperazine rings is 1. The maximum absolute atomic E-state index is 12.8. The van der Waals surface area contributed by atoms with E-state index in [4.69, 9.17) is 9.47 Å². The highest BCUT2D eigenvalue weighted by molar-refractivity contribution is 6.10. The highest BCUT2D eigenvalue weighted by Crippen LogP contribution is 2.31. The second-order valence-electron chi connectivity index (χ2n) is 6.58. The summed E-state index contributed by atoms with van der Waals surface area (Å²) in [5.41, 5.74) is -0.726. The van der Waals surface area contributed by atoms with Crippen molar-refractivity contribution in [2.45, 2.75) is 13.8 Å². The molecule has 1 aromatic carbocycles. The lowest BCUT2D eigenvalue weighted by Crippen LogP contribution is -2.54. The van der Waals surface area contributed by atoms with Gasteiger partial charge in [0.15, 0.2) is 11.5 Å². The Morgan fingerprint density at radius 2 is 1.69 bits per heavy atom. The predicted octanol–water partition coefficient (Wildman–Crippen LogP) is 0.969. The Morgan fingerprint density at radius 1 is 1.08 bits per heavy atom. The van der Waals surface area contributed by atoms with E-state index in [-0.39, 0.29) is 5.91 Å². The summed E-state index contributed by atoms with van der Waals surface area (Å²) < 4.78 is 10.4. The van der Waals surface area contributed by atoms with Gasteiger partial charge in [0.25, 0.3) is 0 Å². The molecule has 0 aromatic heterocycles. The molecule has 142 valence electrons. The summed E-state index contributed by atoms with van der Waals surface area (Å²) in [4.78, 5) is 39.5. The van der Waals surface area contributed by atoms with E-state index in [9.17, 15) is 14.4 Å². The first kappa shape index (κ1) is 19.6. The van der Waals surface area contributed by atoms with Crippen LogP contribution in [0.3, 0.4) is 0 Å². The zero-order valence-corrected chi connectivity index (χ0v) is 15.6. The van der Waals surface area contributed by atoms with Gasteiger partial charge in [-0.25, -0.2) is 0 Å². The Hall–Kier alpha value is -2.77. The van der Waals surface area contributed by atoms with Gasteiger partial charge in [-0.1, -0.05) is 0 Å². The van der Waals surface area contributed by atoms with Gasteiger partial charge in [0.1, 0.15) is 5.41 Å². The fourth-order valence-electron chi connectivity index (χ4n) is 2.72. The molecule has 2 rings (SSSR count). The second kappa shape index (κ2) is 8.07. The minimum Gasteiger partial charge on any atom is -0.493 e. The number of hydrogen-bond acceptors (Lipinski definition) is 5. The molecule has 26 heavy (non-hydrogen) atoms. The highest BCUT2D eigenvalue weighted by Gasteiger charge is 2.40. The average molecular weight is 363 g/mol. The Bertz CT molecular complexity index is 681.